The lowest BCUT2D eigenvalue weighted by molar-refractivity contribution is 0.530. The van der Waals surface area contributed by atoms with Crippen molar-refractivity contribution in [1.29, 1.82) is 0 Å². The van der Waals surface area contributed by atoms with Crippen LogP contribution in [0.2, 0.25) is 0 Å². The van der Waals surface area contributed by atoms with E-state index in [0.717, 1.165) is 28.3 Å². The molecule has 0 aliphatic carbocycles. The predicted molar refractivity (Wildman–Crippen MR) is 75.4 cm³/mol. The Balaban J connectivity index is 2.00. The highest BCUT2D eigenvalue weighted by molar-refractivity contribution is 9.10. The van der Waals surface area contributed by atoms with Crippen LogP contribution in [0, 0.1) is 5.82 Å². The number of aromatic nitrogens is 4. The summed E-state index contributed by atoms with van der Waals surface area (Å²) >= 11 is 4.87. The fourth-order valence-electron chi connectivity index (χ4n) is 1.44. The zero-order valence-corrected chi connectivity index (χ0v) is 12.7. The summed E-state index contributed by atoms with van der Waals surface area (Å²) in [7, 11) is 1.88. The summed E-state index contributed by atoms with van der Waals surface area (Å²) in [6, 6.07) is 4.67. The van der Waals surface area contributed by atoms with Gasteiger partial charge in [-0.1, -0.05) is 33.8 Å². The lowest BCUT2D eigenvalue weighted by Gasteiger charge is -2.05. The summed E-state index contributed by atoms with van der Waals surface area (Å²) < 4.78 is 15.5. The van der Waals surface area contributed by atoms with Crippen LogP contribution < -0.4 is 5.32 Å². The molecular weight excluding hydrogens is 333 g/mol. The second kappa shape index (κ2) is 6.97. The molecule has 0 aliphatic rings. The minimum Gasteiger partial charge on any atom is -0.318 e. The maximum atomic E-state index is 13.0. The molecule has 102 valence electrons. The molecule has 0 unspecified atom stereocenters. The predicted octanol–water partition coefficient (Wildman–Crippen LogP) is 2.09. The van der Waals surface area contributed by atoms with Crippen LogP contribution in [0.25, 0.3) is 0 Å². The van der Waals surface area contributed by atoms with Crippen molar-refractivity contribution < 1.29 is 4.39 Å². The van der Waals surface area contributed by atoms with E-state index in [1.54, 1.807) is 10.7 Å². The molecule has 2 rings (SSSR count). The van der Waals surface area contributed by atoms with Crippen molar-refractivity contribution in [3.05, 3.63) is 34.1 Å². The first kappa shape index (κ1) is 14.4. The highest BCUT2D eigenvalue weighted by Gasteiger charge is 2.08. The molecule has 0 atom stereocenters. The van der Waals surface area contributed by atoms with Crippen molar-refractivity contribution >= 4 is 27.7 Å². The minimum atomic E-state index is -0.250. The van der Waals surface area contributed by atoms with Crippen LogP contribution in [0.4, 0.5) is 4.39 Å². The summed E-state index contributed by atoms with van der Waals surface area (Å²) in [6.07, 6.45) is 0. The standard InChI is InChI=1S/C11H13BrFN5S/c1-14-4-5-18-11(15-16-17-18)19-7-8-2-3-9(13)6-10(8)12/h2-3,6,14H,4-5,7H2,1H3. The number of thioether (sulfide) groups is 1. The van der Waals surface area contributed by atoms with Crippen molar-refractivity contribution in [2.45, 2.75) is 17.5 Å². The fourth-order valence-corrected chi connectivity index (χ4v) is 3.02. The van der Waals surface area contributed by atoms with Gasteiger partial charge in [0.15, 0.2) is 0 Å². The Morgan fingerprint density at radius 2 is 2.32 bits per heavy atom. The Labute approximate surface area is 123 Å². The van der Waals surface area contributed by atoms with Gasteiger partial charge in [-0.3, -0.25) is 0 Å². The number of likely N-dealkylation sites (N-methyl/N-ethyl adjacent to an activating group) is 1. The second-order valence-electron chi connectivity index (χ2n) is 3.81. The zero-order chi connectivity index (χ0) is 13.7. The average molecular weight is 346 g/mol. The van der Waals surface area contributed by atoms with Crippen molar-refractivity contribution in [2.24, 2.45) is 0 Å². The van der Waals surface area contributed by atoms with Crippen molar-refractivity contribution in [3.63, 3.8) is 0 Å². The molecule has 8 heteroatoms. The van der Waals surface area contributed by atoms with Crippen LogP contribution in [-0.2, 0) is 12.3 Å². The lowest BCUT2D eigenvalue weighted by Crippen LogP contribution is -2.16. The Morgan fingerprint density at radius 1 is 1.47 bits per heavy atom. The molecule has 1 aromatic heterocycles. The molecule has 0 aliphatic heterocycles. The molecule has 1 aromatic carbocycles. The number of halogens is 2. The molecule has 0 spiro atoms. The van der Waals surface area contributed by atoms with Gasteiger partial charge in [0.2, 0.25) is 5.16 Å². The topological polar surface area (TPSA) is 55.6 Å². The Bertz CT molecular complexity index is 548. The van der Waals surface area contributed by atoms with Gasteiger partial charge in [-0.2, -0.15) is 0 Å². The largest absolute Gasteiger partial charge is 0.318 e. The molecule has 1 N–H and O–H groups in total. The quantitative estimate of drug-likeness (QED) is 0.812. The van der Waals surface area contributed by atoms with E-state index in [-0.39, 0.29) is 5.82 Å². The van der Waals surface area contributed by atoms with Gasteiger partial charge in [-0.05, 0) is 35.2 Å². The van der Waals surface area contributed by atoms with Crippen molar-refractivity contribution in [3.8, 4) is 0 Å². The molecule has 19 heavy (non-hydrogen) atoms. The van der Waals surface area contributed by atoms with Gasteiger partial charge in [0.25, 0.3) is 0 Å². The SMILES string of the molecule is CNCCn1nnnc1SCc1ccc(F)cc1Br. The lowest BCUT2D eigenvalue weighted by atomic mass is 10.2. The van der Waals surface area contributed by atoms with E-state index >= 15 is 0 Å². The molecule has 0 fully saturated rings. The van der Waals surface area contributed by atoms with E-state index in [0.29, 0.717) is 5.75 Å². The highest BCUT2D eigenvalue weighted by atomic mass is 79.9. The Hall–Kier alpha value is -0.990. The first-order chi connectivity index (χ1) is 9.20. The van der Waals surface area contributed by atoms with E-state index in [1.165, 1.54) is 23.9 Å². The highest BCUT2D eigenvalue weighted by Crippen LogP contribution is 2.25. The first-order valence-corrected chi connectivity index (χ1v) is 7.46. The number of nitrogens with zero attached hydrogens (tertiary/aromatic N) is 4. The van der Waals surface area contributed by atoms with Crippen LogP contribution in [0.5, 0.6) is 0 Å². The maximum absolute atomic E-state index is 13.0. The molecule has 0 saturated heterocycles. The van der Waals surface area contributed by atoms with Crippen LogP contribution >= 0.6 is 27.7 Å². The third-order valence-corrected chi connectivity index (χ3v) is 4.19. The summed E-state index contributed by atoms with van der Waals surface area (Å²) in [4.78, 5) is 0. The number of hydrogen-bond donors (Lipinski definition) is 1. The molecule has 2 aromatic rings. The van der Waals surface area contributed by atoms with Crippen LogP contribution in [-0.4, -0.2) is 33.8 Å². The van der Waals surface area contributed by atoms with Gasteiger partial charge in [-0.15, -0.1) is 5.10 Å². The average Bonchev–Trinajstić information content (AvgIpc) is 2.83. The fraction of sp³-hybridized carbons (Fsp3) is 0.364. The smallest absolute Gasteiger partial charge is 0.209 e. The van der Waals surface area contributed by atoms with E-state index in [1.807, 2.05) is 7.05 Å². The van der Waals surface area contributed by atoms with Gasteiger partial charge in [-0.25, -0.2) is 9.07 Å². The van der Waals surface area contributed by atoms with Crippen molar-refractivity contribution in [1.82, 2.24) is 25.5 Å². The Kier molecular flexibility index (Phi) is 5.29. The van der Waals surface area contributed by atoms with E-state index in [4.69, 9.17) is 0 Å². The number of nitrogens with one attached hydrogen (secondary N) is 1. The summed E-state index contributed by atoms with van der Waals surface area (Å²) in [5.74, 6) is 0.431. The number of benzene rings is 1. The van der Waals surface area contributed by atoms with Gasteiger partial charge >= 0.3 is 0 Å². The van der Waals surface area contributed by atoms with Gasteiger partial charge < -0.3 is 5.32 Å². The second-order valence-corrected chi connectivity index (χ2v) is 5.61. The van der Waals surface area contributed by atoms with Gasteiger partial charge in [0.05, 0.1) is 6.54 Å². The Morgan fingerprint density at radius 3 is 3.05 bits per heavy atom. The third-order valence-electron chi connectivity index (χ3n) is 2.44. The van der Waals surface area contributed by atoms with E-state index in [2.05, 4.69) is 36.8 Å². The molecular formula is C11H13BrFN5S. The zero-order valence-electron chi connectivity index (χ0n) is 10.3. The molecule has 1 heterocycles. The molecule has 0 saturated carbocycles. The van der Waals surface area contributed by atoms with Gasteiger partial charge in [0, 0.05) is 16.8 Å². The van der Waals surface area contributed by atoms with E-state index < -0.39 is 0 Å². The van der Waals surface area contributed by atoms with Gasteiger partial charge in [0.1, 0.15) is 5.82 Å². The van der Waals surface area contributed by atoms with Crippen LogP contribution in [0.15, 0.2) is 27.8 Å². The van der Waals surface area contributed by atoms with Crippen LogP contribution in [0.3, 0.4) is 0 Å². The normalized spacial score (nSPS) is 10.9. The van der Waals surface area contributed by atoms with Crippen molar-refractivity contribution in [2.75, 3.05) is 13.6 Å². The number of rotatable bonds is 6. The molecule has 0 radical (unpaired) electrons. The van der Waals surface area contributed by atoms with E-state index in [9.17, 15) is 4.39 Å². The first-order valence-electron chi connectivity index (χ1n) is 5.68. The molecule has 0 bridgehead atoms. The number of hydrogen-bond acceptors (Lipinski definition) is 5. The minimum absolute atomic E-state index is 0.250. The summed E-state index contributed by atoms with van der Waals surface area (Å²) in [5, 5.41) is 15.4. The monoisotopic (exact) mass is 345 g/mol. The maximum Gasteiger partial charge on any atom is 0.209 e. The third kappa shape index (κ3) is 3.99. The number of tetrazole rings is 1. The van der Waals surface area contributed by atoms with Crippen LogP contribution in [0.1, 0.15) is 5.56 Å². The summed E-state index contributed by atoms with van der Waals surface area (Å²) in [6.45, 7) is 1.52. The molecule has 5 nitrogen and oxygen atoms in total. The summed E-state index contributed by atoms with van der Waals surface area (Å²) in [5.41, 5.74) is 1.01. The molecule has 0 amide bonds.